The van der Waals surface area contributed by atoms with Crippen molar-refractivity contribution in [1.29, 1.82) is 0 Å². The largest absolute Gasteiger partial charge is 0.472 e. The van der Waals surface area contributed by atoms with Crippen LogP contribution in [0.5, 0.6) is 0 Å². The molecular weight excluding hydrogens is 667 g/mol. The Hall–Kier alpha value is -0.800. The molecule has 0 heterocycles. The number of ether oxygens (including phenoxy) is 2. The summed E-state index contributed by atoms with van der Waals surface area (Å²) >= 11 is 0. The summed E-state index contributed by atoms with van der Waals surface area (Å²) in [5, 5.41) is 18.3. The lowest BCUT2D eigenvalue weighted by molar-refractivity contribution is -0.154. The highest BCUT2D eigenvalue weighted by molar-refractivity contribution is 7.47. The number of hydrogen-bond acceptors (Lipinski definition) is 8. The number of carbonyl (C=O) groups is 1. The number of allylic oxidation sites excluding steroid dienone is 2. The lowest BCUT2D eigenvalue weighted by Crippen LogP contribution is -2.29. The minimum absolute atomic E-state index is 0.0532. The fourth-order valence-electron chi connectivity index (χ4n) is 5.94. The third kappa shape index (κ3) is 38.7. The number of phosphoric ester groups is 1. The molecule has 0 aromatic rings. The van der Waals surface area contributed by atoms with Crippen molar-refractivity contribution in [3.63, 3.8) is 0 Å². The minimum Gasteiger partial charge on any atom is -0.457 e. The van der Waals surface area contributed by atoms with Crippen LogP contribution >= 0.6 is 7.82 Å². The van der Waals surface area contributed by atoms with Crippen LogP contribution in [0, 0.1) is 0 Å². The first kappa shape index (κ1) is 50.2. The average molecular weight is 749 g/mol. The van der Waals surface area contributed by atoms with E-state index >= 15 is 0 Å². The molecule has 51 heavy (non-hydrogen) atoms. The first-order valence-electron chi connectivity index (χ1n) is 21.2. The number of rotatable bonds is 41. The third-order valence-corrected chi connectivity index (χ3v) is 10.2. The van der Waals surface area contributed by atoms with E-state index in [1.807, 2.05) is 0 Å². The van der Waals surface area contributed by atoms with E-state index in [9.17, 15) is 19.4 Å². The SMILES string of the molecule is CCCCCCCCCC/C=C\CCCCCCCCCCCC(=O)OC(COCCCCCCCCCCC)COP(=O)(O)OCC(O)CO. The Morgan fingerprint density at radius 3 is 1.47 bits per heavy atom. The van der Waals surface area contributed by atoms with Crippen molar-refractivity contribution in [2.24, 2.45) is 0 Å². The van der Waals surface area contributed by atoms with Crippen molar-refractivity contribution >= 4 is 13.8 Å². The quantitative estimate of drug-likeness (QED) is 0.0242. The highest BCUT2D eigenvalue weighted by Crippen LogP contribution is 2.43. The molecule has 9 nitrogen and oxygen atoms in total. The van der Waals surface area contributed by atoms with Gasteiger partial charge in [0.2, 0.25) is 0 Å². The van der Waals surface area contributed by atoms with Crippen LogP contribution in [-0.2, 0) is 27.9 Å². The van der Waals surface area contributed by atoms with Crippen LogP contribution in [0.1, 0.15) is 200 Å². The highest BCUT2D eigenvalue weighted by Gasteiger charge is 2.26. The molecule has 0 aliphatic carbocycles. The van der Waals surface area contributed by atoms with Crippen molar-refractivity contribution in [1.82, 2.24) is 0 Å². The van der Waals surface area contributed by atoms with Gasteiger partial charge in [0.25, 0.3) is 0 Å². The Kier molecular flexibility index (Phi) is 38.3. The van der Waals surface area contributed by atoms with Crippen molar-refractivity contribution in [3.05, 3.63) is 12.2 Å². The van der Waals surface area contributed by atoms with Crippen LogP contribution in [0.15, 0.2) is 12.2 Å². The van der Waals surface area contributed by atoms with E-state index in [0.29, 0.717) is 6.61 Å². The second-order valence-corrected chi connectivity index (χ2v) is 15.8. The Morgan fingerprint density at radius 2 is 1.00 bits per heavy atom. The fraction of sp³-hybridized carbons (Fsp3) is 0.927. The van der Waals surface area contributed by atoms with Gasteiger partial charge >= 0.3 is 13.8 Å². The lowest BCUT2D eigenvalue weighted by Gasteiger charge is -2.20. The molecule has 0 aliphatic rings. The minimum atomic E-state index is -4.51. The van der Waals surface area contributed by atoms with Crippen molar-refractivity contribution < 1.29 is 43.0 Å². The molecule has 0 bridgehead atoms. The molecule has 0 radical (unpaired) electrons. The first-order chi connectivity index (χ1) is 24.8. The van der Waals surface area contributed by atoms with Crippen molar-refractivity contribution in [2.75, 3.05) is 33.0 Å². The van der Waals surface area contributed by atoms with Gasteiger partial charge in [-0.1, -0.05) is 167 Å². The van der Waals surface area contributed by atoms with Gasteiger partial charge in [-0.15, -0.1) is 0 Å². The fourth-order valence-corrected chi connectivity index (χ4v) is 6.73. The second kappa shape index (κ2) is 38.9. The predicted molar refractivity (Wildman–Crippen MR) is 210 cm³/mol. The van der Waals surface area contributed by atoms with Crippen LogP contribution in [-0.4, -0.2) is 66.3 Å². The summed E-state index contributed by atoms with van der Waals surface area (Å²) in [6, 6.07) is 0. The van der Waals surface area contributed by atoms with Crippen molar-refractivity contribution in [2.45, 2.75) is 212 Å². The van der Waals surface area contributed by atoms with E-state index in [2.05, 4.69) is 26.0 Å². The van der Waals surface area contributed by atoms with Crippen LogP contribution in [0.3, 0.4) is 0 Å². The van der Waals surface area contributed by atoms with Gasteiger partial charge < -0.3 is 24.6 Å². The number of aliphatic hydroxyl groups is 2. The first-order valence-corrected chi connectivity index (χ1v) is 22.7. The Morgan fingerprint density at radius 1 is 0.588 bits per heavy atom. The Labute approximate surface area is 313 Å². The van der Waals surface area contributed by atoms with E-state index in [4.69, 9.17) is 23.6 Å². The molecular formula is C41H81O9P. The molecule has 0 amide bonds. The standard InChI is InChI=1S/C41H81O9P/c1-3-5-7-9-11-13-14-15-16-17-18-19-20-21-22-23-24-25-27-29-31-33-41(44)50-40(38-49-51(45,46)48-36-39(43)35-42)37-47-34-32-30-28-26-12-10-8-6-4-2/h17-18,39-40,42-43H,3-16,19-38H2,1-2H3,(H,45,46)/b18-17-. The summed E-state index contributed by atoms with van der Waals surface area (Å²) in [5.74, 6) is -0.383. The summed E-state index contributed by atoms with van der Waals surface area (Å²) in [4.78, 5) is 22.5. The number of aliphatic hydroxyl groups excluding tert-OH is 2. The smallest absolute Gasteiger partial charge is 0.457 e. The summed E-state index contributed by atoms with van der Waals surface area (Å²) in [6.45, 7) is 3.52. The molecule has 3 unspecified atom stereocenters. The number of unbranched alkanes of at least 4 members (excludes halogenated alkanes) is 25. The molecule has 0 aliphatic heterocycles. The molecule has 3 atom stereocenters. The van der Waals surface area contributed by atoms with E-state index in [-0.39, 0.29) is 25.6 Å². The summed E-state index contributed by atoms with van der Waals surface area (Å²) < 4.78 is 33.2. The summed E-state index contributed by atoms with van der Waals surface area (Å²) in [7, 11) is -4.51. The van der Waals surface area contributed by atoms with E-state index in [1.165, 1.54) is 148 Å². The maximum Gasteiger partial charge on any atom is 0.472 e. The zero-order chi connectivity index (χ0) is 37.5. The molecule has 0 spiro atoms. The third-order valence-electron chi connectivity index (χ3n) is 9.20. The monoisotopic (exact) mass is 749 g/mol. The molecule has 10 heteroatoms. The van der Waals surface area contributed by atoms with Crippen LogP contribution < -0.4 is 0 Å². The Bertz CT molecular complexity index is 810. The highest BCUT2D eigenvalue weighted by atomic mass is 31.2. The molecule has 0 fully saturated rings. The summed E-state index contributed by atoms with van der Waals surface area (Å²) in [6.07, 6.45) is 37.5. The van der Waals surface area contributed by atoms with Crippen LogP contribution in [0.4, 0.5) is 0 Å². The van der Waals surface area contributed by atoms with Gasteiger partial charge in [-0.2, -0.15) is 0 Å². The predicted octanol–water partition coefficient (Wildman–Crippen LogP) is 11.3. The Balaban J connectivity index is 4.05. The molecule has 3 N–H and O–H groups in total. The maximum absolute atomic E-state index is 12.6. The molecule has 304 valence electrons. The number of phosphoric acid groups is 1. The van der Waals surface area contributed by atoms with Crippen LogP contribution in [0.2, 0.25) is 0 Å². The molecule has 0 aromatic heterocycles. The van der Waals surface area contributed by atoms with Gasteiger partial charge in [-0.25, -0.2) is 4.57 Å². The summed E-state index contributed by atoms with van der Waals surface area (Å²) in [5.41, 5.74) is 0. The van der Waals surface area contributed by atoms with E-state index in [0.717, 1.165) is 32.1 Å². The normalized spacial score (nSPS) is 14.2. The topological polar surface area (TPSA) is 132 Å². The molecule has 0 saturated carbocycles. The zero-order valence-electron chi connectivity index (χ0n) is 33.1. The number of hydrogen-bond donors (Lipinski definition) is 3. The maximum atomic E-state index is 12.6. The lowest BCUT2D eigenvalue weighted by atomic mass is 10.1. The zero-order valence-corrected chi connectivity index (χ0v) is 34.0. The van der Waals surface area contributed by atoms with Gasteiger partial charge in [0.05, 0.1) is 26.4 Å². The van der Waals surface area contributed by atoms with Gasteiger partial charge in [0.15, 0.2) is 0 Å². The second-order valence-electron chi connectivity index (χ2n) is 14.4. The number of carbonyl (C=O) groups excluding carboxylic acids is 1. The molecule has 0 saturated heterocycles. The van der Waals surface area contributed by atoms with E-state index < -0.39 is 33.2 Å². The van der Waals surface area contributed by atoms with Gasteiger partial charge in [-0.3, -0.25) is 13.8 Å². The molecule has 0 aromatic carbocycles. The molecule has 0 rings (SSSR count). The van der Waals surface area contributed by atoms with Gasteiger partial charge in [0.1, 0.15) is 12.2 Å². The van der Waals surface area contributed by atoms with Gasteiger partial charge in [-0.05, 0) is 38.5 Å². The van der Waals surface area contributed by atoms with Crippen LogP contribution in [0.25, 0.3) is 0 Å². The average Bonchev–Trinajstić information content (AvgIpc) is 3.12. The van der Waals surface area contributed by atoms with Gasteiger partial charge in [0, 0.05) is 13.0 Å². The van der Waals surface area contributed by atoms with E-state index in [1.54, 1.807) is 0 Å². The number of esters is 1. The van der Waals surface area contributed by atoms with Crippen molar-refractivity contribution in [3.8, 4) is 0 Å².